The molecule has 1 atom stereocenters. The predicted molar refractivity (Wildman–Crippen MR) is 114 cm³/mol. The maximum Gasteiger partial charge on any atom is 0.165 e. The van der Waals surface area contributed by atoms with Crippen LogP contribution in [0.1, 0.15) is 23.1 Å². The molecule has 1 aliphatic heterocycles. The molecule has 148 valence electrons. The molecule has 4 nitrogen and oxygen atoms in total. The van der Waals surface area contributed by atoms with Crippen molar-refractivity contribution in [2.24, 2.45) is 0 Å². The molecular weight excluding hydrogens is 360 g/mol. The summed E-state index contributed by atoms with van der Waals surface area (Å²) < 4.78 is 11.9. The van der Waals surface area contributed by atoms with Gasteiger partial charge in [-0.3, -0.25) is 9.88 Å². The zero-order valence-electron chi connectivity index (χ0n) is 16.8. The average molecular weight is 386 g/mol. The third-order valence-electron chi connectivity index (χ3n) is 6.18. The Morgan fingerprint density at radius 1 is 1.03 bits per heavy atom. The average Bonchev–Trinajstić information content (AvgIpc) is 3.01. The van der Waals surface area contributed by atoms with Gasteiger partial charge in [0.15, 0.2) is 11.5 Å². The second kappa shape index (κ2) is 7.88. The van der Waals surface area contributed by atoms with Crippen LogP contribution in [0.25, 0.3) is 11.1 Å². The molecule has 2 heterocycles. The molecular formula is C25H26N2O2. The first-order valence-corrected chi connectivity index (χ1v) is 10.4. The highest BCUT2D eigenvalue weighted by Crippen LogP contribution is 2.39. The Labute approximate surface area is 172 Å². The highest BCUT2D eigenvalue weighted by atomic mass is 16.5. The van der Waals surface area contributed by atoms with Crippen LogP contribution in [-0.2, 0) is 19.4 Å². The van der Waals surface area contributed by atoms with Crippen LogP contribution in [0, 0.1) is 0 Å². The normalized spacial score (nSPS) is 18.9. The van der Waals surface area contributed by atoms with Crippen LogP contribution in [0.2, 0.25) is 0 Å². The Morgan fingerprint density at radius 3 is 2.76 bits per heavy atom. The van der Waals surface area contributed by atoms with E-state index in [0.717, 1.165) is 48.6 Å². The fourth-order valence-corrected chi connectivity index (χ4v) is 4.66. The molecule has 4 heteroatoms. The van der Waals surface area contributed by atoms with E-state index in [0.29, 0.717) is 12.6 Å². The first-order chi connectivity index (χ1) is 14.3. The van der Waals surface area contributed by atoms with E-state index in [-0.39, 0.29) is 0 Å². The summed E-state index contributed by atoms with van der Waals surface area (Å²) in [7, 11) is 1.72. The largest absolute Gasteiger partial charge is 0.493 e. The third kappa shape index (κ3) is 3.60. The summed E-state index contributed by atoms with van der Waals surface area (Å²) >= 11 is 0. The molecule has 0 radical (unpaired) electrons. The number of rotatable bonds is 3. The maximum absolute atomic E-state index is 6.17. The van der Waals surface area contributed by atoms with Crippen molar-refractivity contribution in [1.82, 2.24) is 9.88 Å². The van der Waals surface area contributed by atoms with Gasteiger partial charge < -0.3 is 9.47 Å². The second-order valence-corrected chi connectivity index (χ2v) is 7.89. The van der Waals surface area contributed by atoms with Crippen molar-refractivity contribution in [3.63, 3.8) is 0 Å². The first kappa shape index (κ1) is 18.2. The molecule has 3 aromatic rings. The van der Waals surface area contributed by atoms with Crippen molar-refractivity contribution in [3.8, 4) is 22.6 Å². The van der Waals surface area contributed by atoms with Gasteiger partial charge in [0.25, 0.3) is 0 Å². The van der Waals surface area contributed by atoms with Gasteiger partial charge in [0.2, 0.25) is 0 Å². The van der Waals surface area contributed by atoms with Gasteiger partial charge in [0.1, 0.15) is 6.61 Å². The van der Waals surface area contributed by atoms with E-state index in [9.17, 15) is 0 Å². The second-order valence-electron chi connectivity index (χ2n) is 7.89. The lowest BCUT2D eigenvalue weighted by Crippen LogP contribution is -2.40. The zero-order valence-corrected chi connectivity index (χ0v) is 16.8. The van der Waals surface area contributed by atoms with Crippen LogP contribution in [0.3, 0.4) is 0 Å². The number of aryl methyl sites for hydroxylation is 1. The van der Waals surface area contributed by atoms with Gasteiger partial charge >= 0.3 is 0 Å². The number of pyridine rings is 1. The molecule has 0 spiro atoms. The molecule has 2 aromatic carbocycles. The van der Waals surface area contributed by atoms with Gasteiger partial charge in [-0.1, -0.05) is 30.3 Å². The summed E-state index contributed by atoms with van der Waals surface area (Å²) in [5, 5.41) is 0. The van der Waals surface area contributed by atoms with Crippen molar-refractivity contribution in [2.75, 3.05) is 20.3 Å². The SMILES string of the molecule is COc1cc(-c2cccnc2)cc2c1OCCN(C1CCc3ccccc3C1)C2. The number of fused-ring (bicyclic) bond motifs is 2. The number of ether oxygens (including phenoxy) is 2. The summed E-state index contributed by atoms with van der Waals surface area (Å²) in [5.41, 5.74) is 6.41. The molecule has 0 bridgehead atoms. The summed E-state index contributed by atoms with van der Waals surface area (Å²) in [6, 6.07) is 17.8. The lowest BCUT2D eigenvalue weighted by atomic mass is 9.87. The quantitative estimate of drug-likeness (QED) is 0.663. The molecule has 0 amide bonds. The Morgan fingerprint density at radius 2 is 1.93 bits per heavy atom. The van der Waals surface area contributed by atoms with E-state index >= 15 is 0 Å². The first-order valence-electron chi connectivity index (χ1n) is 10.4. The van der Waals surface area contributed by atoms with Gasteiger partial charge in [0.05, 0.1) is 7.11 Å². The van der Waals surface area contributed by atoms with E-state index < -0.39 is 0 Å². The topological polar surface area (TPSA) is 34.6 Å². The van der Waals surface area contributed by atoms with Gasteiger partial charge in [-0.2, -0.15) is 0 Å². The summed E-state index contributed by atoms with van der Waals surface area (Å²) in [6.07, 6.45) is 7.17. The number of benzene rings is 2. The number of hydrogen-bond acceptors (Lipinski definition) is 4. The van der Waals surface area contributed by atoms with Crippen LogP contribution < -0.4 is 9.47 Å². The fourth-order valence-electron chi connectivity index (χ4n) is 4.66. The highest BCUT2D eigenvalue weighted by Gasteiger charge is 2.28. The van der Waals surface area contributed by atoms with E-state index in [2.05, 4.69) is 52.3 Å². The molecule has 2 aliphatic rings. The van der Waals surface area contributed by atoms with Crippen molar-refractivity contribution in [3.05, 3.63) is 77.6 Å². The van der Waals surface area contributed by atoms with Gasteiger partial charge in [0, 0.05) is 42.7 Å². The van der Waals surface area contributed by atoms with E-state index in [1.165, 1.54) is 23.1 Å². The number of nitrogens with zero attached hydrogens (tertiary/aromatic N) is 2. The van der Waals surface area contributed by atoms with E-state index in [1.807, 2.05) is 12.3 Å². The van der Waals surface area contributed by atoms with Crippen molar-refractivity contribution in [2.45, 2.75) is 31.8 Å². The minimum atomic E-state index is 0.549. The molecule has 0 N–H and O–H groups in total. The Kier molecular flexibility index (Phi) is 4.94. The third-order valence-corrected chi connectivity index (χ3v) is 6.18. The predicted octanol–water partition coefficient (Wildman–Crippen LogP) is 4.51. The van der Waals surface area contributed by atoms with Crippen molar-refractivity contribution < 1.29 is 9.47 Å². The molecule has 29 heavy (non-hydrogen) atoms. The molecule has 1 unspecified atom stereocenters. The van der Waals surface area contributed by atoms with Crippen molar-refractivity contribution >= 4 is 0 Å². The highest BCUT2D eigenvalue weighted by molar-refractivity contribution is 5.68. The van der Waals surface area contributed by atoms with E-state index in [1.54, 1.807) is 13.3 Å². The number of aromatic nitrogens is 1. The maximum atomic E-state index is 6.17. The summed E-state index contributed by atoms with van der Waals surface area (Å²) in [5.74, 6) is 1.69. The van der Waals surface area contributed by atoms with Crippen molar-refractivity contribution in [1.29, 1.82) is 0 Å². The van der Waals surface area contributed by atoms with Crippen LogP contribution in [0.15, 0.2) is 60.9 Å². The Balaban J connectivity index is 1.46. The lowest BCUT2D eigenvalue weighted by molar-refractivity contribution is 0.155. The smallest absolute Gasteiger partial charge is 0.165 e. The monoisotopic (exact) mass is 386 g/mol. The number of methoxy groups -OCH3 is 1. The summed E-state index contributed by atoms with van der Waals surface area (Å²) in [4.78, 5) is 6.87. The number of hydrogen-bond donors (Lipinski definition) is 0. The molecule has 0 fully saturated rings. The fraction of sp³-hybridized carbons (Fsp3) is 0.320. The Bertz CT molecular complexity index is 1000. The van der Waals surface area contributed by atoms with E-state index in [4.69, 9.17) is 9.47 Å². The standard InChI is InChI=1S/C25H26N2O2/c1-28-24-15-21(20-7-4-10-26-16-20)13-22-17-27(11-12-29-25(22)24)23-9-8-18-5-2-3-6-19(18)14-23/h2-7,10,13,15-16,23H,8-9,11-12,14,17H2,1H3. The van der Waals surface area contributed by atoms with Crippen LogP contribution >= 0.6 is 0 Å². The van der Waals surface area contributed by atoms with Crippen LogP contribution in [-0.4, -0.2) is 36.2 Å². The van der Waals surface area contributed by atoms with Crippen LogP contribution in [0.5, 0.6) is 11.5 Å². The molecule has 0 saturated heterocycles. The van der Waals surface area contributed by atoms with Gasteiger partial charge in [-0.15, -0.1) is 0 Å². The molecule has 0 saturated carbocycles. The van der Waals surface area contributed by atoms with Gasteiger partial charge in [-0.05, 0) is 54.2 Å². The minimum Gasteiger partial charge on any atom is -0.493 e. The summed E-state index contributed by atoms with van der Waals surface area (Å²) in [6.45, 7) is 2.51. The van der Waals surface area contributed by atoms with Crippen LogP contribution in [0.4, 0.5) is 0 Å². The zero-order chi connectivity index (χ0) is 19.6. The molecule has 5 rings (SSSR count). The molecule has 1 aromatic heterocycles. The Hall–Kier alpha value is -2.85. The molecule has 1 aliphatic carbocycles. The minimum absolute atomic E-state index is 0.549. The lowest BCUT2D eigenvalue weighted by Gasteiger charge is -2.34. The van der Waals surface area contributed by atoms with Gasteiger partial charge in [-0.25, -0.2) is 0 Å².